The molecular weight excluding hydrogens is 501 g/mol. The van der Waals surface area contributed by atoms with Gasteiger partial charge in [-0.25, -0.2) is 0 Å². The zero-order chi connectivity index (χ0) is 22.3. The third kappa shape index (κ3) is 4.01. The summed E-state index contributed by atoms with van der Waals surface area (Å²) >= 11 is 15.7. The second-order valence-corrected chi connectivity index (χ2v) is 8.92. The summed E-state index contributed by atoms with van der Waals surface area (Å²) in [7, 11) is 0. The first-order chi connectivity index (χ1) is 14.8. The summed E-state index contributed by atoms with van der Waals surface area (Å²) in [6.07, 6.45) is 0. The van der Waals surface area contributed by atoms with Gasteiger partial charge in [0.15, 0.2) is 0 Å². The molecule has 1 aliphatic rings. The fraction of sp³-hybridized carbons (Fsp3) is 0.0833. The molecule has 4 rings (SSSR count). The molecule has 1 unspecified atom stereocenters. The maximum atomic E-state index is 13.1. The summed E-state index contributed by atoms with van der Waals surface area (Å²) in [6, 6.07) is 18.1. The van der Waals surface area contributed by atoms with Crippen LogP contribution in [-0.2, 0) is 9.59 Å². The Morgan fingerprint density at radius 1 is 0.935 bits per heavy atom. The minimum absolute atomic E-state index is 0.00807. The number of ketones is 1. The Bertz CT molecular complexity index is 1220. The van der Waals surface area contributed by atoms with E-state index in [-0.39, 0.29) is 16.4 Å². The van der Waals surface area contributed by atoms with Crippen molar-refractivity contribution in [3.63, 3.8) is 0 Å². The second kappa shape index (κ2) is 8.50. The van der Waals surface area contributed by atoms with Crippen molar-refractivity contribution < 1.29 is 14.7 Å². The summed E-state index contributed by atoms with van der Waals surface area (Å²) < 4.78 is 0.824. The van der Waals surface area contributed by atoms with Crippen LogP contribution in [0.4, 0.5) is 5.69 Å². The molecule has 1 amide bonds. The number of aryl methyl sites for hydroxylation is 1. The van der Waals surface area contributed by atoms with E-state index >= 15 is 0 Å². The van der Waals surface area contributed by atoms with Crippen LogP contribution in [-0.4, -0.2) is 16.8 Å². The van der Waals surface area contributed by atoms with Crippen LogP contribution in [0.5, 0.6) is 0 Å². The van der Waals surface area contributed by atoms with Crippen LogP contribution >= 0.6 is 39.1 Å². The number of amides is 1. The highest BCUT2D eigenvalue weighted by atomic mass is 79.9. The number of anilines is 1. The Balaban J connectivity index is 1.95. The van der Waals surface area contributed by atoms with Crippen molar-refractivity contribution >= 4 is 62.3 Å². The summed E-state index contributed by atoms with van der Waals surface area (Å²) in [6.45, 7) is 1.93. The van der Waals surface area contributed by atoms with Gasteiger partial charge in [-0.05, 0) is 48.9 Å². The maximum absolute atomic E-state index is 13.1. The van der Waals surface area contributed by atoms with Gasteiger partial charge in [-0.1, -0.05) is 75.0 Å². The summed E-state index contributed by atoms with van der Waals surface area (Å²) in [5.41, 5.74) is 2.54. The van der Waals surface area contributed by atoms with Gasteiger partial charge in [0.1, 0.15) is 5.76 Å². The van der Waals surface area contributed by atoms with Gasteiger partial charge in [-0.15, -0.1) is 0 Å². The number of halogens is 3. The standard InChI is InChI=1S/C24H16BrCl2NO3/c1-13-2-9-17(10-3-13)28-21(15-6-11-18(26)19(27)12-15)20(23(30)24(28)31)22(29)14-4-7-16(25)8-5-14/h2-12,21,29H,1H3/b22-20-. The summed E-state index contributed by atoms with van der Waals surface area (Å²) in [5.74, 6) is -1.74. The molecule has 1 atom stereocenters. The van der Waals surface area contributed by atoms with Crippen LogP contribution in [0.15, 0.2) is 76.8 Å². The zero-order valence-electron chi connectivity index (χ0n) is 16.3. The topological polar surface area (TPSA) is 57.6 Å². The van der Waals surface area contributed by atoms with Crippen LogP contribution in [0.1, 0.15) is 22.7 Å². The van der Waals surface area contributed by atoms with Crippen LogP contribution in [0.3, 0.4) is 0 Å². The molecule has 0 bridgehead atoms. The molecule has 7 heteroatoms. The van der Waals surface area contributed by atoms with E-state index in [1.165, 1.54) is 4.90 Å². The van der Waals surface area contributed by atoms with E-state index in [1.54, 1.807) is 54.6 Å². The lowest BCUT2D eigenvalue weighted by Gasteiger charge is -2.26. The normalized spacial score (nSPS) is 17.9. The largest absolute Gasteiger partial charge is 0.507 e. The molecule has 1 aliphatic heterocycles. The first-order valence-corrected chi connectivity index (χ1v) is 10.9. The van der Waals surface area contributed by atoms with Crippen molar-refractivity contribution in [1.82, 2.24) is 0 Å². The second-order valence-electron chi connectivity index (χ2n) is 7.19. The number of hydrogen-bond acceptors (Lipinski definition) is 3. The van der Waals surface area contributed by atoms with Gasteiger partial charge >= 0.3 is 0 Å². The Morgan fingerprint density at radius 3 is 2.19 bits per heavy atom. The number of carbonyl (C=O) groups is 2. The molecular formula is C24H16BrCl2NO3. The predicted octanol–water partition coefficient (Wildman–Crippen LogP) is 6.69. The first-order valence-electron chi connectivity index (χ1n) is 9.36. The smallest absolute Gasteiger partial charge is 0.300 e. The van der Waals surface area contributed by atoms with E-state index in [9.17, 15) is 14.7 Å². The number of aliphatic hydroxyl groups is 1. The van der Waals surface area contributed by atoms with E-state index in [0.29, 0.717) is 21.8 Å². The molecule has 156 valence electrons. The van der Waals surface area contributed by atoms with Gasteiger partial charge in [0.25, 0.3) is 11.7 Å². The highest BCUT2D eigenvalue weighted by molar-refractivity contribution is 9.10. The van der Waals surface area contributed by atoms with Gasteiger partial charge in [-0.2, -0.15) is 0 Å². The minimum Gasteiger partial charge on any atom is -0.507 e. The van der Waals surface area contributed by atoms with Crippen molar-refractivity contribution in [1.29, 1.82) is 0 Å². The monoisotopic (exact) mass is 515 g/mol. The van der Waals surface area contributed by atoms with E-state index in [2.05, 4.69) is 15.9 Å². The van der Waals surface area contributed by atoms with Crippen LogP contribution in [0.25, 0.3) is 5.76 Å². The number of rotatable bonds is 3. The number of benzene rings is 3. The van der Waals surface area contributed by atoms with E-state index in [0.717, 1.165) is 10.0 Å². The third-order valence-corrected chi connectivity index (χ3v) is 6.40. The molecule has 1 heterocycles. The molecule has 31 heavy (non-hydrogen) atoms. The minimum atomic E-state index is -0.860. The number of aliphatic hydroxyl groups excluding tert-OH is 1. The number of nitrogens with zero attached hydrogens (tertiary/aromatic N) is 1. The molecule has 1 saturated heterocycles. The van der Waals surface area contributed by atoms with Crippen molar-refractivity contribution in [2.24, 2.45) is 0 Å². The highest BCUT2D eigenvalue weighted by Gasteiger charge is 2.47. The van der Waals surface area contributed by atoms with E-state index < -0.39 is 17.7 Å². The molecule has 3 aromatic rings. The molecule has 1 N–H and O–H groups in total. The number of Topliss-reactive ketones (excluding diaryl/α,β-unsaturated/α-hetero) is 1. The van der Waals surface area contributed by atoms with Gasteiger partial charge < -0.3 is 5.11 Å². The number of hydrogen-bond donors (Lipinski definition) is 1. The van der Waals surface area contributed by atoms with Gasteiger partial charge in [-0.3, -0.25) is 14.5 Å². The highest BCUT2D eigenvalue weighted by Crippen LogP contribution is 2.43. The maximum Gasteiger partial charge on any atom is 0.300 e. The average Bonchev–Trinajstić information content (AvgIpc) is 3.01. The summed E-state index contributed by atoms with van der Waals surface area (Å²) in [5, 5.41) is 11.7. The molecule has 0 saturated carbocycles. The van der Waals surface area contributed by atoms with Crippen LogP contribution < -0.4 is 4.90 Å². The lowest BCUT2D eigenvalue weighted by molar-refractivity contribution is -0.132. The van der Waals surface area contributed by atoms with Crippen molar-refractivity contribution in [3.05, 3.63) is 104 Å². The number of carbonyl (C=O) groups excluding carboxylic acids is 2. The Labute approximate surface area is 197 Å². The molecule has 3 aromatic carbocycles. The van der Waals surface area contributed by atoms with Crippen LogP contribution in [0, 0.1) is 6.92 Å². The van der Waals surface area contributed by atoms with E-state index in [1.807, 2.05) is 19.1 Å². The fourth-order valence-electron chi connectivity index (χ4n) is 3.57. The predicted molar refractivity (Wildman–Crippen MR) is 127 cm³/mol. The Kier molecular flexibility index (Phi) is 5.93. The Hall–Kier alpha value is -2.60. The van der Waals surface area contributed by atoms with Gasteiger partial charge in [0.2, 0.25) is 0 Å². The SMILES string of the molecule is Cc1ccc(N2C(=O)C(=O)/C(=C(\O)c3ccc(Br)cc3)C2c2ccc(Cl)c(Cl)c2)cc1. The fourth-order valence-corrected chi connectivity index (χ4v) is 4.14. The van der Waals surface area contributed by atoms with Crippen molar-refractivity contribution in [3.8, 4) is 0 Å². The van der Waals surface area contributed by atoms with Crippen molar-refractivity contribution in [2.45, 2.75) is 13.0 Å². The Morgan fingerprint density at radius 2 is 1.58 bits per heavy atom. The van der Waals surface area contributed by atoms with Gasteiger partial charge in [0, 0.05) is 15.7 Å². The molecule has 0 aliphatic carbocycles. The zero-order valence-corrected chi connectivity index (χ0v) is 19.4. The molecule has 1 fully saturated rings. The third-order valence-electron chi connectivity index (χ3n) is 5.13. The van der Waals surface area contributed by atoms with Crippen molar-refractivity contribution in [2.75, 3.05) is 4.90 Å². The lowest BCUT2D eigenvalue weighted by atomic mass is 9.95. The molecule has 0 radical (unpaired) electrons. The molecule has 0 aromatic heterocycles. The molecule has 0 spiro atoms. The van der Waals surface area contributed by atoms with E-state index in [4.69, 9.17) is 23.2 Å². The van der Waals surface area contributed by atoms with Gasteiger partial charge in [0.05, 0.1) is 21.7 Å². The average molecular weight is 517 g/mol. The summed E-state index contributed by atoms with van der Waals surface area (Å²) in [4.78, 5) is 27.6. The lowest BCUT2D eigenvalue weighted by Crippen LogP contribution is -2.29. The van der Waals surface area contributed by atoms with Crippen LogP contribution in [0.2, 0.25) is 10.0 Å². The quantitative estimate of drug-likeness (QED) is 0.239. The molecule has 4 nitrogen and oxygen atoms in total. The first kappa shape index (κ1) is 21.6.